The van der Waals surface area contributed by atoms with E-state index in [0.29, 0.717) is 0 Å². The van der Waals surface area contributed by atoms with Crippen molar-refractivity contribution in [3.05, 3.63) is 15.9 Å². The van der Waals surface area contributed by atoms with Crippen LogP contribution in [0.15, 0.2) is 20.1 Å². The zero-order valence-corrected chi connectivity index (χ0v) is 12.9. The molecule has 0 aliphatic carbocycles. The molecule has 0 saturated heterocycles. The monoisotopic (exact) mass is 348 g/mol. The normalized spacial score (nSPS) is 12.2. The summed E-state index contributed by atoms with van der Waals surface area (Å²) in [5, 5.41) is 0. The number of rotatable bonds is 4. The number of hydrogen-bond acceptors (Lipinski definition) is 4. The first-order valence-corrected chi connectivity index (χ1v) is 7.35. The van der Waals surface area contributed by atoms with E-state index in [1.807, 2.05) is 0 Å². The maximum absolute atomic E-state index is 11.8. The van der Waals surface area contributed by atoms with Crippen LogP contribution >= 0.6 is 39.7 Å². The van der Waals surface area contributed by atoms with Gasteiger partial charge in [-0.15, -0.1) is 23.7 Å². The van der Waals surface area contributed by atoms with E-state index in [1.165, 1.54) is 11.3 Å². The maximum atomic E-state index is 11.8. The highest BCUT2D eigenvalue weighted by Crippen LogP contribution is 2.26. The van der Waals surface area contributed by atoms with E-state index in [-0.39, 0.29) is 23.2 Å². The Morgan fingerprint density at radius 2 is 2.06 bits per heavy atom. The lowest BCUT2D eigenvalue weighted by atomic mass is 10.1. The number of thiophene rings is 1. The van der Waals surface area contributed by atoms with Crippen LogP contribution in [0.2, 0.25) is 0 Å². The Labute approximate surface area is 114 Å². The quantitative estimate of drug-likeness (QED) is 0.872. The highest BCUT2D eigenvalue weighted by atomic mass is 79.9. The summed E-state index contributed by atoms with van der Waals surface area (Å²) in [4.78, 5) is 0. The molecule has 0 unspecified atom stereocenters. The van der Waals surface area contributed by atoms with Gasteiger partial charge in [0.15, 0.2) is 0 Å². The molecular formula is C8H14BrClN2O2S2. The van der Waals surface area contributed by atoms with Crippen molar-refractivity contribution in [2.45, 2.75) is 23.6 Å². The summed E-state index contributed by atoms with van der Waals surface area (Å²) in [7, 11) is -3.45. The summed E-state index contributed by atoms with van der Waals surface area (Å²) in [5.41, 5.74) is 4.83. The second kappa shape index (κ2) is 5.79. The summed E-state index contributed by atoms with van der Waals surface area (Å²) in [6.45, 7) is 3.74. The van der Waals surface area contributed by atoms with Crippen molar-refractivity contribution in [1.82, 2.24) is 4.72 Å². The van der Waals surface area contributed by atoms with Crippen LogP contribution < -0.4 is 10.5 Å². The Morgan fingerprint density at radius 3 is 2.44 bits per heavy atom. The Balaban J connectivity index is 0.00000225. The van der Waals surface area contributed by atoms with Crippen molar-refractivity contribution in [3.63, 3.8) is 0 Å². The zero-order chi connectivity index (χ0) is 11.7. The lowest BCUT2D eigenvalue weighted by Crippen LogP contribution is -2.48. The Hall–Kier alpha value is 0.340. The average molecular weight is 350 g/mol. The first-order chi connectivity index (χ1) is 6.77. The molecule has 0 amide bonds. The van der Waals surface area contributed by atoms with Crippen molar-refractivity contribution >= 4 is 49.7 Å². The predicted octanol–water partition coefficient (Wildman–Crippen LogP) is 1.95. The molecule has 1 aromatic heterocycles. The van der Waals surface area contributed by atoms with E-state index in [1.54, 1.807) is 26.0 Å². The van der Waals surface area contributed by atoms with Crippen LogP contribution in [0.3, 0.4) is 0 Å². The fourth-order valence-electron chi connectivity index (χ4n) is 0.898. The van der Waals surface area contributed by atoms with Gasteiger partial charge in [0.2, 0.25) is 0 Å². The molecule has 1 rings (SSSR count). The summed E-state index contributed by atoms with van der Waals surface area (Å²) in [5.74, 6) is 0. The fraction of sp³-hybridized carbons (Fsp3) is 0.500. The Kier molecular flexibility index (Phi) is 5.91. The summed E-state index contributed by atoms with van der Waals surface area (Å²) < 4.78 is 27.3. The van der Waals surface area contributed by atoms with Crippen molar-refractivity contribution in [2.75, 3.05) is 6.54 Å². The summed E-state index contributed by atoms with van der Waals surface area (Å²) in [6.07, 6.45) is 0. The van der Waals surface area contributed by atoms with Crippen LogP contribution in [-0.2, 0) is 10.0 Å². The van der Waals surface area contributed by atoms with Gasteiger partial charge in [0.25, 0.3) is 10.0 Å². The molecule has 8 heteroatoms. The molecule has 0 radical (unpaired) electrons. The van der Waals surface area contributed by atoms with Crippen LogP contribution in [0.5, 0.6) is 0 Å². The van der Waals surface area contributed by atoms with Gasteiger partial charge >= 0.3 is 0 Å². The standard InChI is InChI=1S/C8H13BrN2O2S2.ClH/c1-8(2,5-10)11-15(12,13)7-4-3-6(9)14-7;/h3-4,11H,5,10H2,1-2H3;1H. The number of nitrogens with two attached hydrogens (primary N) is 1. The molecule has 16 heavy (non-hydrogen) atoms. The number of nitrogens with one attached hydrogen (secondary N) is 1. The van der Waals surface area contributed by atoms with E-state index in [2.05, 4.69) is 20.7 Å². The minimum absolute atomic E-state index is 0. The molecule has 4 nitrogen and oxygen atoms in total. The second-order valence-electron chi connectivity index (χ2n) is 3.75. The van der Waals surface area contributed by atoms with Gasteiger partial charge in [0.1, 0.15) is 4.21 Å². The molecule has 0 fully saturated rings. The number of halogens is 2. The molecule has 0 aromatic carbocycles. The first-order valence-electron chi connectivity index (χ1n) is 4.26. The minimum Gasteiger partial charge on any atom is -0.329 e. The Bertz CT molecular complexity index is 445. The third-order valence-corrected chi connectivity index (χ3v) is 5.55. The van der Waals surface area contributed by atoms with E-state index in [0.717, 1.165) is 3.79 Å². The van der Waals surface area contributed by atoms with Gasteiger partial charge in [-0.3, -0.25) is 0 Å². The molecule has 0 aliphatic heterocycles. The number of hydrogen-bond donors (Lipinski definition) is 2. The van der Waals surface area contributed by atoms with Crippen molar-refractivity contribution < 1.29 is 8.42 Å². The molecular weight excluding hydrogens is 336 g/mol. The van der Waals surface area contributed by atoms with Crippen LogP contribution in [0, 0.1) is 0 Å². The van der Waals surface area contributed by atoms with Gasteiger partial charge in [-0.1, -0.05) is 0 Å². The van der Waals surface area contributed by atoms with E-state index in [4.69, 9.17) is 5.73 Å². The van der Waals surface area contributed by atoms with Crippen molar-refractivity contribution in [1.29, 1.82) is 0 Å². The highest BCUT2D eigenvalue weighted by Gasteiger charge is 2.25. The molecule has 0 saturated carbocycles. The molecule has 1 heterocycles. The molecule has 0 spiro atoms. The SMILES string of the molecule is CC(C)(CN)NS(=O)(=O)c1ccc(Br)s1.Cl. The Morgan fingerprint density at radius 1 is 1.50 bits per heavy atom. The summed E-state index contributed by atoms with van der Waals surface area (Å²) in [6, 6.07) is 3.26. The van der Waals surface area contributed by atoms with Gasteiger partial charge in [-0.2, -0.15) is 0 Å². The van der Waals surface area contributed by atoms with Crippen molar-refractivity contribution in [3.8, 4) is 0 Å². The third kappa shape index (κ3) is 4.31. The maximum Gasteiger partial charge on any atom is 0.250 e. The third-order valence-electron chi connectivity index (χ3n) is 1.73. The van der Waals surface area contributed by atoms with E-state index < -0.39 is 15.6 Å². The van der Waals surface area contributed by atoms with Crippen molar-refractivity contribution in [2.24, 2.45) is 5.73 Å². The first kappa shape index (κ1) is 16.3. The highest BCUT2D eigenvalue weighted by molar-refractivity contribution is 9.11. The fourth-order valence-corrected chi connectivity index (χ4v) is 4.33. The average Bonchev–Trinajstić information content (AvgIpc) is 2.51. The van der Waals surface area contributed by atoms with Crippen LogP contribution in [0.4, 0.5) is 0 Å². The minimum atomic E-state index is -3.45. The number of sulfonamides is 1. The van der Waals surface area contributed by atoms with Gasteiger partial charge in [0, 0.05) is 12.1 Å². The summed E-state index contributed by atoms with van der Waals surface area (Å²) >= 11 is 4.39. The predicted molar refractivity (Wildman–Crippen MR) is 72.7 cm³/mol. The molecule has 94 valence electrons. The van der Waals surface area contributed by atoms with E-state index >= 15 is 0 Å². The zero-order valence-electron chi connectivity index (χ0n) is 8.86. The lowest BCUT2D eigenvalue weighted by Gasteiger charge is -2.23. The van der Waals surface area contributed by atoms with Gasteiger partial charge in [-0.05, 0) is 41.9 Å². The topological polar surface area (TPSA) is 72.2 Å². The molecule has 0 atom stereocenters. The van der Waals surface area contributed by atoms with E-state index in [9.17, 15) is 8.42 Å². The molecule has 0 bridgehead atoms. The molecule has 1 aromatic rings. The lowest BCUT2D eigenvalue weighted by molar-refractivity contribution is 0.463. The molecule has 3 N–H and O–H groups in total. The van der Waals surface area contributed by atoms with Crippen LogP contribution in [-0.4, -0.2) is 20.5 Å². The van der Waals surface area contributed by atoms with Gasteiger partial charge < -0.3 is 5.73 Å². The smallest absolute Gasteiger partial charge is 0.250 e. The largest absolute Gasteiger partial charge is 0.329 e. The van der Waals surface area contributed by atoms with Gasteiger partial charge in [0.05, 0.1) is 3.79 Å². The van der Waals surface area contributed by atoms with Crippen LogP contribution in [0.25, 0.3) is 0 Å². The van der Waals surface area contributed by atoms with Gasteiger partial charge in [-0.25, -0.2) is 13.1 Å². The second-order valence-corrected chi connectivity index (χ2v) is 8.12. The molecule has 0 aliphatic rings. The van der Waals surface area contributed by atoms with Crippen LogP contribution in [0.1, 0.15) is 13.8 Å².